The van der Waals surface area contributed by atoms with Crippen LogP contribution in [-0.4, -0.2) is 22.1 Å². The number of halogens is 1. The molecule has 1 N–H and O–H groups in total. The molecule has 0 saturated carbocycles. The van der Waals surface area contributed by atoms with Crippen molar-refractivity contribution in [2.24, 2.45) is 0 Å². The quantitative estimate of drug-likeness (QED) is 0.904. The van der Waals surface area contributed by atoms with Gasteiger partial charge in [0.25, 0.3) is 0 Å². The van der Waals surface area contributed by atoms with Gasteiger partial charge in [-0.2, -0.15) is 0 Å². The van der Waals surface area contributed by atoms with Crippen LogP contribution in [-0.2, 0) is 11.2 Å². The summed E-state index contributed by atoms with van der Waals surface area (Å²) in [6, 6.07) is 8.02. The minimum atomic E-state index is -0.743. The minimum Gasteiger partial charge on any atom is -0.480 e. The Morgan fingerprint density at radius 3 is 2.80 bits per heavy atom. The van der Waals surface area contributed by atoms with Crippen molar-refractivity contribution < 1.29 is 9.90 Å². The van der Waals surface area contributed by atoms with E-state index >= 15 is 0 Å². The van der Waals surface area contributed by atoms with E-state index in [9.17, 15) is 4.79 Å². The van der Waals surface area contributed by atoms with Gasteiger partial charge < -0.3 is 5.11 Å². The largest absolute Gasteiger partial charge is 0.480 e. The first-order valence-electron chi connectivity index (χ1n) is 4.69. The van der Waals surface area contributed by atoms with Gasteiger partial charge in [0.05, 0.1) is 5.25 Å². The van der Waals surface area contributed by atoms with Crippen molar-refractivity contribution in [2.75, 3.05) is 5.75 Å². The molecular formula is C11H13BrO2S. The average Bonchev–Trinajstić information content (AvgIpc) is 2.20. The van der Waals surface area contributed by atoms with Gasteiger partial charge in [-0.05, 0) is 30.7 Å². The maximum atomic E-state index is 10.6. The van der Waals surface area contributed by atoms with E-state index in [1.54, 1.807) is 6.92 Å². The number of aryl methyl sites for hydroxylation is 1. The summed E-state index contributed by atoms with van der Waals surface area (Å²) >= 11 is 4.93. The number of rotatable bonds is 5. The molecular weight excluding hydrogens is 276 g/mol. The topological polar surface area (TPSA) is 37.3 Å². The molecule has 0 fully saturated rings. The Morgan fingerprint density at radius 2 is 2.20 bits per heavy atom. The molecule has 1 aromatic rings. The van der Waals surface area contributed by atoms with Crippen LogP contribution in [0.3, 0.4) is 0 Å². The van der Waals surface area contributed by atoms with Crippen LogP contribution >= 0.6 is 27.7 Å². The highest BCUT2D eigenvalue weighted by atomic mass is 79.9. The highest BCUT2D eigenvalue weighted by Gasteiger charge is 2.10. The zero-order chi connectivity index (χ0) is 11.3. The summed E-state index contributed by atoms with van der Waals surface area (Å²) in [5.74, 6) is 0.0860. The Morgan fingerprint density at radius 1 is 1.53 bits per heavy atom. The number of hydrogen-bond donors (Lipinski definition) is 1. The Labute approximate surface area is 102 Å². The third kappa shape index (κ3) is 4.26. The Hall–Kier alpha value is -0.480. The molecule has 0 radical (unpaired) electrons. The van der Waals surface area contributed by atoms with Crippen molar-refractivity contribution in [2.45, 2.75) is 18.6 Å². The lowest BCUT2D eigenvalue weighted by Crippen LogP contribution is -2.12. The molecule has 15 heavy (non-hydrogen) atoms. The summed E-state index contributed by atoms with van der Waals surface area (Å²) in [6.45, 7) is 1.72. The molecule has 1 aromatic carbocycles. The van der Waals surface area contributed by atoms with Crippen molar-refractivity contribution in [1.82, 2.24) is 0 Å². The van der Waals surface area contributed by atoms with E-state index in [0.717, 1.165) is 16.6 Å². The summed E-state index contributed by atoms with van der Waals surface area (Å²) in [6.07, 6.45) is 0.893. The molecule has 0 bridgehead atoms. The van der Waals surface area contributed by atoms with E-state index in [1.165, 1.54) is 17.3 Å². The van der Waals surface area contributed by atoms with Gasteiger partial charge in [0.15, 0.2) is 0 Å². The van der Waals surface area contributed by atoms with E-state index in [1.807, 2.05) is 18.2 Å². The first kappa shape index (κ1) is 12.6. The number of aliphatic carboxylic acids is 1. The molecule has 0 spiro atoms. The van der Waals surface area contributed by atoms with Gasteiger partial charge in [-0.3, -0.25) is 4.79 Å². The molecule has 2 nitrogen and oxygen atoms in total. The molecule has 82 valence electrons. The van der Waals surface area contributed by atoms with Crippen LogP contribution in [0.4, 0.5) is 0 Å². The van der Waals surface area contributed by atoms with Gasteiger partial charge in [0.2, 0.25) is 0 Å². The molecule has 4 heteroatoms. The van der Waals surface area contributed by atoms with Crippen LogP contribution < -0.4 is 0 Å². The maximum Gasteiger partial charge on any atom is 0.316 e. The number of carboxylic acid groups (broad SMARTS) is 1. The third-order valence-corrected chi connectivity index (χ3v) is 3.96. The molecule has 0 amide bonds. The summed E-state index contributed by atoms with van der Waals surface area (Å²) in [5, 5.41) is 8.38. The Bertz CT molecular complexity index is 341. The second-order valence-electron chi connectivity index (χ2n) is 3.19. The number of carboxylic acids is 1. The van der Waals surface area contributed by atoms with Crippen molar-refractivity contribution in [3.63, 3.8) is 0 Å². The van der Waals surface area contributed by atoms with Gasteiger partial charge >= 0.3 is 5.97 Å². The summed E-state index contributed by atoms with van der Waals surface area (Å²) in [4.78, 5) is 10.6. The van der Waals surface area contributed by atoms with Gasteiger partial charge in [0.1, 0.15) is 0 Å². The van der Waals surface area contributed by atoms with Crippen LogP contribution in [0.15, 0.2) is 28.7 Å². The van der Waals surface area contributed by atoms with Crippen LogP contribution in [0.25, 0.3) is 0 Å². The molecule has 0 aliphatic heterocycles. The second kappa shape index (κ2) is 6.18. The van der Waals surface area contributed by atoms with Crippen LogP contribution in [0, 0.1) is 0 Å². The Kier molecular flexibility index (Phi) is 5.19. The van der Waals surface area contributed by atoms with E-state index in [-0.39, 0.29) is 5.25 Å². The van der Waals surface area contributed by atoms with Crippen molar-refractivity contribution >= 4 is 33.7 Å². The normalized spacial score (nSPS) is 12.4. The molecule has 0 heterocycles. The lowest BCUT2D eigenvalue weighted by molar-refractivity contribution is -0.136. The number of hydrogen-bond acceptors (Lipinski definition) is 2. The fourth-order valence-corrected chi connectivity index (χ4v) is 2.44. The Balaban J connectivity index is 2.38. The summed E-state index contributed by atoms with van der Waals surface area (Å²) < 4.78 is 1.09. The first-order chi connectivity index (χ1) is 7.11. The number of thioether (sulfide) groups is 1. The predicted octanol–water partition coefficient (Wildman–Crippen LogP) is 3.20. The molecule has 0 aliphatic rings. The third-order valence-electron chi connectivity index (χ3n) is 2.04. The van der Waals surface area contributed by atoms with E-state index < -0.39 is 5.97 Å². The molecule has 1 rings (SSSR count). The molecule has 1 atom stereocenters. The zero-order valence-corrected chi connectivity index (χ0v) is 10.8. The fourth-order valence-electron chi connectivity index (χ4n) is 1.12. The summed E-state index contributed by atoms with van der Waals surface area (Å²) in [7, 11) is 0. The smallest absolute Gasteiger partial charge is 0.316 e. The van der Waals surface area contributed by atoms with Crippen LogP contribution in [0.5, 0.6) is 0 Å². The lowest BCUT2D eigenvalue weighted by Gasteiger charge is -2.06. The van der Waals surface area contributed by atoms with Crippen LogP contribution in [0.2, 0.25) is 0 Å². The van der Waals surface area contributed by atoms with Gasteiger partial charge in [-0.15, -0.1) is 11.8 Å². The number of benzene rings is 1. The van der Waals surface area contributed by atoms with Crippen molar-refractivity contribution in [1.29, 1.82) is 0 Å². The maximum absolute atomic E-state index is 10.6. The van der Waals surface area contributed by atoms with Gasteiger partial charge in [0, 0.05) is 4.47 Å². The second-order valence-corrected chi connectivity index (χ2v) is 5.50. The summed E-state index contributed by atoms with van der Waals surface area (Å²) in [5.41, 5.74) is 1.22. The number of carbonyl (C=O) groups is 1. The predicted molar refractivity (Wildman–Crippen MR) is 67.4 cm³/mol. The molecule has 1 unspecified atom stereocenters. The monoisotopic (exact) mass is 288 g/mol. The lowest BCUT2D eigenvalue weighted by atomic mass is 10.2. The highest BCUT2D eigenvalue weighted by Crippen LogP contribution is 2.19. The standard InChI is InChI=1S/C11H13BrO2S/c1-8(11(13)14)15-7-6-9-4-2-3-5-10(9)12/h2-5,8H,6-7H2,1H3,(H,13,14). The van der Waals surface area contributed by atoms with Crippen molar-refractivity contribution in [3.8, 4) is 0 Å². The zero-order valence-electron chi connectivity index (χ0n) is 8.44. The fraction of sp³-hybridized carbons (Fsp3) is 0.364. The van der Waals surface area contributed by atoms with E-state index in [4.69, 9.17) is 5.11 Å². The van der Waals surface area contributed by atoms with Gasteiger partial charge in [-0.25, -0.2) is 0 Å². The van der Waals surface area contributed by atoms with Gasteiger partial charge in [-0.1, -0.05) is 34.1 Å². The SMILES string of the molecule is CC(SCCc1ccccc1Br)C(=O)O. The minimum absolute atomic E-state index is 0.326. The highest BCUT2D eigenvalue weighted by molar-refractivity contribution is 9.10. The van der Waals surface area contributed by atoms with Crippen LogP contribution in [0.1, 0.15) is 12.5 Å². The van der Waals surface area contributed by atoms with E-state index in [0.29, 0.717) is 0 Å². The molecule has 0 saturated heterocycles. The average molecular weight is 289 g/mol. The molecule has 0 aromatic heterocycles. The first-order valence-corrected chi connectivity index (χ1v) is 6.53. The molecule has 0 aliphatic carbocycles. The van der Waals surface area contributed by atoms with Crippen molar-refractivity contribution in [3.05, 3.63) is 34.3 Å². The van der Waals surface area contributed by atoms with E-state index in [2.05, 4.69) is 22.0 Å².